The molecule has 0 unspecified atom stereocenters. The molecule has 0 atom stereocenters. The van der Waals surface area contributed by atoms with Crippen molar-refractivity contribution in [2.45, 2.75) is 20.5 Å². The molecule has 0 saturated carbocycles. The Morgan fingerprint density at radius 1 is 1.27 bits per heavy atom. The van der Waals surface area contributed by atoms with Crippen molar-refractivity contribution >= 4 is 48.5 Å². The molecule has 0 fully saturated rings. The van der Waals surface area contributed by atoms with Crippen molar-refractivity contribution in [1.82, 2.24) is 9.78 Å². The van der Waals surface area contributed by atoms with E-state index in [1.54, 1.807) is 13.8 Å². The summed E-state index contributed by atoms with van der Waals surface area (Å²) < 4.78 is 67.8. The van der Waals surface area contributed by atoms with Gasteiger partial charge in [-0.15, -0.1) is 0 Å². The Balaban J connectivity index is 2.58. The van der Waals surface area contributed by atoms with Crippen LogP contribution in [0, 0.1) is 5.82 Å². The summed E-state index contributed by atoms with van der Waals surface area (Å²) in [5.74, 6) is -1.27. The highest BCUT2D eigenvalue weighted by molar-refractivity contribution is 7.61. The zero-order valence-electron chi connectivity index (χ0n) is 16.0. The van der Waals surface area contributed by atoms with E-state index in [9.17, 15) is 17.7 Å². The number of hydrogen-bond donors (Lipinski definition) is 0. The number of alkyl halides is 2. The Morgan fingerprint density at radius 3 is 2.40 bits per heavy atom. The number of halogens is 6. The molecule has 0 amide bonds. The molecule has 13 heteroatoms. The van der Waals surface area contributed by atoms with Crippen LogP contribution in [0.1, 0.15) is 19.4 Å². The summed E-state index contributed by atoms with van der Waals surface area (Å²) in [5, 5.41) is 3.55. The van der Waals surface area contributed by atoms with Gasteiger partial charge in [0.05, 0.1) is 18.2 Å². The summed E-state index contributed by atoms with van der Waals surface area (Å²) in [6.07, 6.45) is 1.20. The number of ether oxygens (including phenoxy) is 1. The maximum absolute atomic E-state index is 14.6. The maximum atomic E-state index is 14.6. The summed E-state index contributed by atoms with van der Waals surface area (Å²) in [6.45, 7) is 0.215. The van der Waals surface area contributed by atoms with Gasteiger partial charge in [0, 0.05) is 12.6 Å². The van der Waals surface area contributed by atoms with E-state index >= 15 is 0 Å². The van der Waals surface area contributed by atoms with Gasteiger partial charge < -0.3 is 13.8 Å². The first-order valence-corrected chi connectivity index (χ1v) is 11.1. The number of rotatable bonds is 9. The van der Waals surface area contributed by atoms with Crippen LogP contribution < -0.4 is 4.74 Å². The molecule has 0 aliphatic carbocycles. The highest BCUT2D eigenvalue weighted by atomic mass is 35.5. The molecule has 0 aliphatic heterocycles. The van der Waals surface area contributed by atoms with Gasteiger partial charge in [-0.3, -0.25) is 4.57 Å². The van der Waals surface area contributed by atoms with E-state index in [1.165, 1.54) is 19.2 Å². The van der Waals surface area contributed by atoms with Crippen LogP contribution in [0.25, 0.3) is 17.3 Å². The van der Waals surface area contributed by atoms with Crippen LogP contribution >= 0.6 is 42.4 Å². The van der Waals surface area contributed by atoms with Gasteiger partial charge >= 0.3 is 14.2 Å². The average molecular weight is 508 g/mol. The first-order valence-electron chi connectivity index (χ1n) is 8.47. The zero-order chi connectivity index (χ0) is 22.6. The maximum Gasteiger partial charge on any atom is 0.388 e. The molecule has 1 aromatic carbocycles. The second kappa shape index (κ2) is 10.4. The third-order valence-corrected chi connectivity index (χ3v) is 6.86. The Labute approximate surface area is 186 Å². The van der Waals surface area contributed by atoms with E-state index in [2.05, 4.69) is 9.84 Å². The van der Waals surface area contributed by atoms with E-state index in [0.29, 0.717) is 0 Å². The number of hydrogen-bond acceptors (Lipinski definition) is 5. The summed E-state index contributed by atoms with van der Waals surface area (Å²) in [5.41, 5.74) is -0.175. The number of nitrogens with zero attached hydrogens (tertiary/aromatic N) is 2. The van der Waals surface area contributed by atoms with Gasteiger partial charge in [-0.05, 0) is 37.6 Å². The SMILES string of the molecule is CCOP(=O)(OCC)/C(Cl)=C/c1cc(-c2nn(C)c(OC(F)F)c2Cl)c(F)cc1Cl. The first kappa shape index (κ1) is 25.0. The van der Waals surface area contributed by atoms with Gasteiger partial charge in [0.1, 0.15) is 21.3 Å². The molecule has 0 spiro atoms. The third kappa shape index (κ3) is 5.52. The molecular formula is C17H17Cl3F3N2O4P. The van der Waals surface area contributed by atoms with E-state index in [0.717, 1.165) is 10.7 Å². The van der Waals surface area contributed by atoms with Crippen LogP contribution in [0.3, 0.4) is 0 Å². The molecule has 2 rings (SSSR count). The van der Waals surface area contributed by atoms with E-state index < -0.39 is 25.9 Å². The smallest absolute Gasteiger partial charge is 0.388 e. The van der Waals surface area contributed by atoms with Crippen molar-refractivity contribution in [2.24, 2.45) is 7.05 Å². The molecule has 0 bridgehead atoms. The molecule has 1 aromatic heterocycles. The minimum Gasteiger partial charge on any atom is -0.416 e. The number of benzene rings is 1. The molecule has 166 valence electrons. The summed E-state index contributed by atoms with van der Waals surface area (Å²) >= 11 is 18.3. The fourth-order valence-corrected chi connectivity index (χ4v) is 4.65. The minimum absolute atomic E-state index is 0.0648. The summed E-state index contributed by atoms with van der Waals surface area (Å²) in [7, 11) is -2.49. The van der Waals surface area contributed by atoms with Crippen molar-refractivity contribution in [3.8, 4) is 17.1 Å². The second-order valence-corrected chi connectivity index (χ2v) is 9.07. The predicted molar refractivity (Wildman–Crippen MR) is 110 cm³/mol. The average Bonchev–Trinajstić information content (AvgIpc) is 2.92. The quantitative estimate of drug-likeness (QED) is 0.344. The molecule has 0 N–H and O–H groups in total. The van der Waals surface area contributed by atoms with Gasteiger partial charge in [0.25, 0.3) is 0 Å². The lowest BCUT2D eigenvalue weighted by atomic mass is 10.1. The highest BCUT2D eigenvalue weighted by Gasteiger charge is 2.29. The van der Waals surface area contributed by atoms with Gasteiger partial charge in [-0.2, -0.15) is 13.9 Å². The number of aromatic nitrogens is 2. The second-order valence-electron chi connectivity index (χ2n) is 5.62. The van der Waals surface area contributed by atoms with E-state index in [4.69, 9.17) is 43.9 Å². The van der Waals surface area contributed by atoms with Crippen molar-refractivity contribution in [3.05, 3.63) is 38.3 Å². The molecule has 2 aromatic rings. The largest absolute Gasteiger partial charge is 0.416 e. The fourth-order valence-electron chi connectivity index (χ4n) is 2.43. The zero-order valence-corrected chi connectivity index (χ0v) is 19.1. The predicted octanol–water partition coefficient (Wildman–Crippen LogP) is 6.94. The topological polar surface area (TPSA) is 62.6 Å². The third-order valence-electron chi connectivity index (χ3n) is 3.62. The van der Waals surface area contributed by atoms with Crippen LogP contribution in [0.2, 0.25) is 10.0 Å². The summed E-state index contributed by atoms with van der Waals surface area (Å²) in [6, 6.07) is 2.18. The molecular weight excluding hydrogens is 491 g/mol. The van der Waals surface area contributed by atoms with Crippen LogP contribution in [-0.4, -0.2) is 29.6 Å². The Morgan fingerprint density at radius 2 is 1.87 bits per heavy atom. The monoisotopic (exact) mass is 506 g/mol. The van der Waals surface area contributed by atoms with Crippen molar-refractivity contribution in [3.63, 3.8) is 0 Å². The van der Waals surface area contributed by atoms with Crippen molar-refractivity contribution in [1.29, 1.82) is 0 Å². The standard InChI is InChI=1S/C17H17Cl3F3N2O4P/c1-4-27-30(26,28-5-2)13(19)7-9-6-10(12(21)8-11(9)18)15-14(20)16(25(3)24-15)29-17(22)23/h6-8,17H,4-5H2,1-3H3/b13-7+. The summed E-state index contributed by atoms with van der Waals surface area (Å²) in [4.78, 5) is 0. The van der Waals surface area contributed by atoms with Crippen LogP contribution in [0.15, 0.2) is 16.9 Å². The van der Waals surface area contributed by atoms with Crippen LogP contribution in [0.4, 0.5) is 13.2 Å². The lowest BCUT2D eigenvalue weighted by Crippen LogP contribution is -2.06. The van der Waals surface area contributed by atoms with E-state index in [-0.39, 0.29) is 44.9 Å². The van der Waals surface area contributed by atoms with Crippen molar-refractivity contribution in [2.75, 3.05) is 13.2 Å². The van der Waals surface area contributed by atoms with Crippen LogP contribution in [0.5, 0.6) is 5.88 Å². The molecule has 1 heterocycles. The molecule has 0 aliphatic rings. The minimum atomic E-state index is -3.80. The van der Waals surface area contributed by atoms with Gasteiger partial charge in [-0.25, -0.2) is 9.07 Å². The fraction of sp³-hybridized carbons (Fsp3) is 0.353. The lowest BCUT2D eigenvalue weighted by Gasteiger charge is -2.16. The Hall–Kier alpha value is -1.22. The molecule has 30 heavy (non-hydrogen) atoms. The van der Waals surface area contributed by atoms with Gasteiger partial charge in [0.2, 0.25) is 5.88 Å². The van der Waals surface area contributed by atoms with Crippen molar-refractivity contribution < 1.29 is 31.5 Å². The molecule has 0 radical (unpaired) electrons. The first-order chi connectivity index (χ1) is 14.0. The van der Waals surface area contributed by atoms with Gasteiger partial charge in [0.15, 0.2) is 0 Å². The van der Waals surface area contributed by atoms with Gasteiger partial charge in [-0.1, -0.05) is 34.8 Å². The Bertz CT molecular complexity index is 991. The normalized spacial score (nSPS) is 12.7. The number of aryl methyl sites for hydroxylation is 1. The van der Waals surface area contributed by atoms with Crippen LogP contribution in [-0.2, 0) is 20.7 Å². The molecule has 6 nitrogen and oxygen atoms in total. The molecule has 0 saturated heterocycles. The highest BCUT2D eigenvalue weighted by Crippen LogP contribution is 2.58. The Kier molecular flexibility index (Phi) is 8.68. The van der Waals surface area contributed by atoms with E-state index in [1.807, 2.05) is 0 Å². The lowest BCUT2D eigenvalue weighted by molar-refractivity contribution is -0.0552.